The van der Waals surface area contributed by atoms with E-state index in [2.05, 4.69) is 13.2 Å². The molecule has 0 aliphatic carbocycles. The van der Waals surface area contributed by atoms with Gasteiger partial charge in [0.2, 0.25) is 0 Å². The summed E-state index contributed by atoms with van der Waals surface area (Å²) in [5.41, 5.74) is 1.24. The highest BCUT2D eigenvalue weighted by molar-refractivity contribution is 5.14. The number of ether oxygens (including phenoxy) is 1. The molecule has 0 spiro atoms. The van der Waals surface area contributed by atoms with Crippen LogP contribution in [0.25, 0.3) is 0 Å². The van der Waals surface area contributed by atoms with Crippen molar-refractivity contribution in [2.75, 3.05) is 0 Å². The second-order valence-corrected chi connectivity index (χ2v) is 6.03. The molecular formula is C15H24O3. The summed E-state index contributed by atoms with van der Waals surface area (Å²) in [6, 6.07) is 0. The molecule has 0 saturated carbocycles. The smallest absolute Gasteiger partial charge is 0.118 e. The van der Waals surface area contributed by atoms with Gasteiger partial charge in [0.1, 0.15) is 5.60 Å². The van der Waals surface area contributed by atoms with Gasteiger partial charge in [-0.2, -0.15) is 0 Å². The first-order valence-electron chi connectivity index (χ1n) is 6.71. The van der Waals surface area contributed by atoms with Crippen LogP contribution in [-0.2, 0) is 4.74 Å². The molecule has 2 aliphatic rings. The Hall–Kier alpha value is -0.640. The fourth-order valence-electron chi connectivity index (χ4n) is 3.01. The molecular weight excluding hydrogens is 228 g/mol. The van der Waals surface area contributed by atoms with Gasteiger partial charge in [0, 0.05) is 6.42 Å². The Morgan fingerprint density at radius 2 is 1.94 bits per heavy atom. The van der Waals surface area contributed by atoms with E-state index in [0.717, 1.165) is 24.0 Å². The molecule has 3 nitrogen and oxygen atoms in total. The van der Waals surface area contributed by atoms with E-state index >= 15 is 0 Å². The molecule has 2 saturated heterocycles. The van der Waals surface area contributed by atoms with E-state index in [-0.39, 0.29) is 12.0 Å². The molecule has 18 heavy (non-hydrogen) atoms. The van der Waals surface area contributed by atoms with Crippen molar-refractivity contribution < 1.29 is 14.9 Å². The maximum atomic E-state index is 10.4. The summed E-state index contributed by atoms with van der Waals surface area (Å²) in [4.78, 5) is 0. The Morgan fingerprint density at radius 1 is 1.33 bits per heavy atom. The zero-order valence-electron chi connectivity index (χ0n) is 11.4. The van der Waals surface area contributed by atoms with Crippen molar-refractivity contribution in [1.29, 1.82) is 0 Å². The lowest BCUT2D eigenvalue weighted by Crippen LogP contribution is -2.48. The minimum Gasteiger partial charge on any atom is -0.390 e. The highest BCUT2D eigenvalue weighted by atomic mass is 16.5. The molecule has 2 rings (SSSR count). The van der Waals surface area contributed by atoms with Crippen molar-refractivity contribution in [3.8, 4) is 0 Å². The van der Waals surface area contributed by atoms with Gasteiger partial charge in [0.15, 0.2) is 0 Å². The van der Waals surface area contributed by atoms with Crippen LogP contribution in [0, 0.1) is 5.92 Å². The van der Waals surface area contributed by atoms with Crippen molar-refractivity contribution in [2.24, 2.45) is 5.92 Å². The maximum Gasteiger partial charge on any atom is 0.118 e. The van der Waals surface area contributed by atoms with E-state index in [9.17, 15) is 10.2 Å². The molecule has 2 N–H and O–H groups in total. The number of hydrogen-bond donors (Lipinski definition) is 2. The van der Waals surface area contributed by atoms with E-state index in [1.54, 1.807) is 6.92 Å². The molecule has 0 aromatic rings. The zero-order valence-corrected chi connectivity index (χ0v) is 11.4. The number of allylic oxidation sites excluding steroid dienone is 1. The van der Waals surface area contributed by atoms with Gasteiger partial charge in [-0.3, -0.25) is 0 Å². The van der Waals surface area contributed by atoms with Crippen molar-refractivity contribution in [3.05, 3.63) is 24.3 Å². The zero-order chi connectivity index (χ0) is 13.5. The van der Waals surface area contributed by atoms with E-state index in [1.807, 2.05) is 6.92 Å². The first kappa shape index (κ1) is 13.8. The van der Waals surface area contributed by atoms with Gasteiger partial charge in [-0.25, -0.2) is 0 Å². The topological polar surface area (TPSA) is 49.7 Å². The normalized spacial score (nSPS) is 45.2. The Morgan fingerprint density at radius 3 is 2.56 bits per heavy atom. The van der Waals surface area contributed by atoms with E-state index in [4.69, 9.17) is 4.74 Å². The minimum atomic E-state index is -0.869. The van der Waals surface area contributed by atoms with Crippen LogP contribution in [0.2, 0.25) is 0 Å². The predicted octanol–water partition coefficient (Wildman–Crippen LogP) is 2.19. The van der Waals surface area contributed by atoms with Gasteiger partial charge in [-0.1, -0.05) is 18.7 Å². The highest BCUT2D eigenvalue weighted by Crippen LogP contribution is 2.41. The monoisotopic (exact) mass is 252 g/mol. The first-order valence-corrected chi connectivity index (χ1v) is 6.71. The van der Waals surface area contributed by atoms with Gasteiger partial charge in [-0.05, 0) is 44.6 Å². The lowest BCUT2D eigenvalue weighted by atomic mass is 9.80. The van der Waals surface area contributed by atoms with Crippen LogP contribution in [0.4, 0.5) is 0 Å². The van der Waals surface area contributed by atoms with Crippen LogP contribution in [-0.4, -0.2) is 34.1 Å². The van der Waals surface area contributed by atoms with Gasteiger partial charge in [0.05, 0.1) is 18.3 Å². The number of rotatable bonds is 1. The molecule has 2 heterocycles. The van der Waals surface area contributed by atoms with Crippen LogP contribution in [0.15, 0.2) is 24.3 Å². The molecule has 2 fully saturated rings. The van der Waals surface area contributed by atoms with Gasteiger partial charge >= 0.3 is 0 Å². The lowest BCUT2D eigenvalue weighted by molar-refractivity contribution is -0.136. The molecule has 102 valence electrons. The fraction of sp³-hybridized carbons (Fsp3) is 0.733. The molecule has 0 aromatic carbocycles. The summed E-state index contributed by atoms with van der Waals surface area (Å²) < 4.78 is 5.91. The van der Waals surface area contributed by atoms with Crippen LogP contribution in [0.3, 0.4) is 0 Å². The average Bonchev–Trinajstić information content (AvgIpc) is 2.61. The fourth-order valence-corrected chi connectivity index (χ4v) is 3.01. The van der Waals surface area contributed by atoms with Crippen LogP contribution < -0.4 is 0 Å². The number of fused-ring (bicyclic) bond motifs is 2. The summed E-state index contributed by atoms with van der Waals surface area (Å²) in [5.74, 6) is 0.267. The van der Waals surface area contributed by atoms with Gasteiger partial charge < -0.3 is 14.9 Å². The molecule has 2 bridgehead atoms. The number of aliphatic hydroxyl groups excluding tert-OH is 2. The first-order chi connectivity index (χ1) is 8.34. The third-order valence-electron chi connectivity index (χ3n) is 4.63. The predicted molar refractivity (Wildman–Crippen MR) is 71.2 cm³/mol. The quantitative estimate of drug-likeness (QED) is 0.703. The summed E-state index contributed by atoms with van der Waals surface area (Å²) in [6.45, 7) is 11.9. The minimum absolute atomic E-state index is 0.122. The van der Waals surface area contributed by atoms with Crippen molar-refractivity contribution >= 4 is 0 Å². The standard InChI is InChI=1S/C15H24O3/c1-9(2)11-6-5-10(3)12-8-14(17)15(4,18-12)13(16)7-11/h11-14,16-17H,1,3,5-8H2,2,4H3/t11-,12-,13+,14-,15-/m1/s1. The maximum absolute atomic E-state index is 10.4. The highest BCUT2D eigenvalue weighted by Gasteiger charge is 2.50. The molecule has 0 amide bonds. The number of hydrogen-bond acceptors (Lipinski definition) is 3. The molecule has 2 aliphatic heterocycles. The van der Waals surface area contributed by atoms with Crippen molar-refractivity contribution in [3.63, 3.8) is 0 Å². The third kappa shape index (κ3) is 2.27. The number of aliphatic hydroxyl groups is 2. The van der Waals surface area contributed by atoms with Crippen LogP contribution >= 0.6 is 0 Å². The van der Waals surface area contributed by atoms with Crippen LogP contribution in [0.1, 0.15) is 39.5 Å². The van der Waals surface area contributed by atoms with Crippen molar-refractivity contribution in [2.45, 2.75) is 63.4 Å². The van der Waals surface area contributed by atoms with E-state index in [1.165, 1.54) is 0 Å². The molecule has 5 atom stereocenters. The Balaban J connectivity index is 2.27. The summed E-state index contributed by atoms with van der Waals surface area (Å²) in [6.07, 6.45) is 1.56. The molecule has 0 radical (unpaired) electrons. The van der Waals surface area contributed by atoms with Crippen LogP contribution in [0.5, 0.6) is 0 Å². The largest absolute Gasteiger partial charge is 0.390 e. The van der Waals surface area contributed by atoms with Gasteiger partial charge in [-0.15, -0.1) is 0 Å². The summed E-state index contributed by atoms with van der Waals surface area (Å²) in [7, 11) is 0. The third-order valence-corrected chi connectivity index (χ3v) is 4.63. The van der Waals surface area contributed by atoms with Crippen molar-refractivity contribution in [1.82, 2.24) is 0 Å². The Kier molecular flexibility index (Phi) is 3.67. The van der Waals surface area contributed by atoms with E-state index in [0.29, 0.717) is 12.8 Å². The van der Waals surface area contributed by atoms with E-state index < -0.39 is 17.8 Å². The lowest BCUT2D eigenvalue weighted by Gasteiger charge is -2.34. The Bertz CT molecular complexity index is 363. The summed E-state index contributed by atoms with van der Waals surface area (Å²) in [5, 5.41) is 20.6. The molecule has 0 aromatic heterocycles. The second-order valence-electron chi connectivity index (χ2n) is 6.03. The average molecular weight is 252 g/mol. The molecule has 0 unspecified atom stereocenters. The molecule has 3 heteroatoms. The summed E-state index contributed by atoms with van der Waals surface area (Å²) >= 11 is 0. The van der Waals surface area contributed by atoms with Gasteiger partial charge in [0.25, 0.3) is 0 Å². The SMILES string of the molecule is C=C(C)[C@@H]1CCC(=C)[C@H]2C[C@@H](O)[C@](C)(O2)[C@@H](O)C1. The second kappa shape index (κ2) is 4.80. The Labute approximate surface area is 109 Å².